The molecule has 11 heavy (non-hydrogen) atoms. The molecule has 2 atom stereocenters. The fourth-order valence-electron chi connectivity index (χ4n) is 1.23. The van der Waals surface area contributed by atoms with Crippen LogP contribution in [0.1, 0.15) is 6.42 Å². The van der Waals surface area contributed by atoms with E-state index in [1.165, 1.54) is 3.93 Å². The minimum atomic E-state index is -0.726. The third-order valence-corrected chi connectivity index (χ3v) is 8.94. The number of hydrogen-bond acceptors (Lipinski definition) is 2. The normalized spacial score (nSPS) is 29.9. The second-order valence-electron chi connectivity index (χ2n) is 2.68. The molecule has 0 N–H and O–H groups in total. The average Bonchev–Trinajstić information content (AvgIpc) is 2.39. The van der Waals surface area contributed by atoms with Gasteiger partial charge in [0.15, 0.2) is 0 Å². The zero-order valence-corrected chi connectivity index (χ0v) is 13.5. The van der Waals surface area contributed by atoms with E-state index in [0.717, 1.165) is 13.0 Å². The van der Waals surface area contributed by atoms with Gasteiger partial charge in [-0.05, 0) is 0 Å². The summed E-state index contributed by atoms with van der Waals surface area (Å²) in [5.41, 5.74) is 0. The van der Waals surface area contributed by atoms with E-state index in [1.54, 1.807) is 0 Å². The molecule has 0 aromatic carbocycles. The molecule has 0 saturated carbocycles. The molecule has 1 saturated heterocycles. The van der Waals surface area contributed by atoms with Crippen LogP contribution in [0.2, 0.25) is 3.93 Å². The van der Waals surface area contributed by atoms with Gasteiger partial charge in [0.25, 0.3) is 0 Å². The van der Waals surface area contributed by atoms with Gasteiger partial charge in [0.1, 0.15) is 0 Å². The van der Waals surface area contributed by atoms with Gasteiger partial charge in [-0.3, -0.25) is 0 Å². The Bertz CT molecular complexity index is 132. The third kappa shape index (κ3) is 3.13. The summed E-state index contributed by atoms with van der Waals surface area (Å²) in [6, 6.07) is 0. The molecular formula is C7H11BrHgO2. The number of allylic oxidation sites excluding steroid dienone is 1. The molecule has 1 aliphatic heterocycles. The molecule has 0 bridgehead atoms. The van der Waals surface area contributed by atoms with E-state index in [9.17, 15) is 0 Å². The Morgan fingerprint density at radius 2 is 2.55 bits per heavy atom. The van der Waals surface area contributed by atoms with E-state index in [1.807, 2.05) is 6.08 Å². The molecule has 0 radical (unpaired) electrons. The molecule has 1 aliphatic rings. The molecule has 0 aliphatic carbocycles. The van der Waals surface area contributed by atoms with Gasteiger partial charge in [-0.25, -0.2) is 0 Å². The molecule has 0 unspecified atom stereocenters. The Balaban J connectivity index is 2.31. The van der Waals surface area contributed by atoms with Crippen molar-refractivity contribution in [3.05, 3.63) is 12.7 Å². The second kappa shape index (κ2) is 5.67. The molecule has 4 heteroatoms. The van der Waals surface area contributed by atoms with Crippen LogP contribution in [-0.2, 0) is 31.9 Å². The van der Waals surface area contributed by atoms with Crippen molar-refractivity contribution in [3.8, 4) is 0 Å². The van der Waals surface area contributed by atoms with Crippen LogP contribution < -0.4 is 0 Å². The van der Waals surface area contributed by atoms with E-state index in [2.05, 4.69) is 18.5 Å². The molecule has 1 rings (SSSR count). The molecule has 1 heterocycles. The van der Waals surface area contributed by atoms with Crippen LogP contribution in [0.4, 0.5) is 0 Å². The monoisotopic (exact) mass is 408 g/mol. The van der Waals surface area contributed by atoms with Crippen LogP contribution in [-0.4, -0.2) is 12.7 Å². The summed E-state index contributed by atoms with van der Waals surface area (Å²) < 4.78 is 1.23. The van der Waals surface area contributed by atoms with Crippen molar-refractivity contribution in [3.63, 3.8) is 0 Å². The van der Waals surface area contributed by atoms with Crippen molar-refractivity contribution in [2.75, 3.05) is 6.61 Å². The van der Waals surface area contributed by atoms with Crippen molar-refractivity contribution in [1.29, 1.82) is 0 Å². The predicted octanol–water partition coefficient (Wildman–Crippen LogP) is 2.32. The van der Waals surface area contributed by atoms with Crippen LogP contribution in [0.5, 0.6) is 0 Å². The van der Waals surface area contributed by atoms with Crippen LogP contribution in [0.15, 0.2) is 12.7 Å². The Hall–Kier alpha value is 1.08. The standard InChI is InChI=1S/C7H11O2.BrH.Hg/c1-3-4-7-5-8-9-6(7)2;;/h3,6-7H,1-2,4-5H2;1H;/q;;+1/p-1/t6-,7-;;/m1../s1. The molecule has 0 spiro atoms. The Labute approximate surface area is 84.9 Å². The molecule has 0 aromatic heterocycles. The predicted molar refractivity (Wildman–Crippen MR) is 42.9 cm³/mol. The first kappa shape index (κ1) is 10.2. The van der Waals surface area contributed by atoms with E-state index in [0.29, 0.717) is 12.0 Å². The first-order valence-corrected chi connectivity index (χ1v) is 19.6. The van der Waals surface area contributed by atoms with Crippen molar-refractivity contribution in [2.24, 2.45) is 5.92 Å². The first-order chi connectivity index (χ1) is 5.38. The maximum atomic E-state index is 5.14. The summed E-state index contributed by atoms with van der Waals surface area (Å²) in [5, 5.41) is 0. The number of halogens is 1. The summed E-state index contributed by atoms with van der Waals surface area (Å²) in [6.07, 6.45) is 3.32. The summed E-state index contributed by atoms with van der Waals surface area (Å²) in [6.45, 7) is 4.46. The van der Waals surface area contributed by atoms with E-state index in [-0.39, 0.29) is 0 Å². The van der Waals surface area contributed by atoms with Crippen LogP contribution in [0.3, 0.4) is 0 Å². The van der Waals surface area contributed by atoms with Gasteiger partial charge in [-0.15, -0.1) is 0 Å². The second-order valence-corrected chi connectivity index (χ2v) is 13.4. The Kier molecular flexibility index (Phi) is 5.24. The Morgan fingerprint density at radius 1 is 1.73 bits per heavy atom. The summed E-state index contributed by atoms with van der Waals surface area (Å²) in [4.78, 5) is 10.1. The molecule has 0 aromatic rings. The number of hydrogen-bond donors (Lipinski definition) is 0. The SMILES string of the molecule is C=CC[C@@H]1COO[C@@H]1[CH2][Hg][Br]. The van der Waals surface area contributed by atoms with Crippen LogP contribution >= 0.6 is 11.9 Å². The third-order valence-electron chi connectivity index (χ3n) is 1.86. The first-order valence-electron chi connectivity index (χ1n) is 3.83. The topological polar surface area (TPSA) is 18.5 Å². The molecule has 0 amide bonds. The van der Waals surface area contributed by atoms with Crippen molar-refractivity contribution < 1.29 is 31.9 Å². The van der Waals surface area contributed by atoms with Gasteiger partial charge in [0, 0.05) is 0 Å². The zero-order valence-electron chi connectivity index (χ0n) is 6.46. The fourth-order valence-corrected chi connectivity index (χ4v) is 8.23. The number of rotatable bonds is 4. The van der Waals surface area contributed by atoms with Gasteiger partial charge in [0.2, 0.25) is 0 Å². The van der Waals surface area contributed by atoms with Crippen LogP contribution in [0, 0.1) is 5.92 Å². The van der Waals surface area contributed by atoms with Gasteiger partial charge in [-0.1, -0.05) is 0 Å². The average molecular weight is 408 g/mol. The van der Waals surface area contributed by atoms with E-state index < -0.39 is 22.1 Å². The zero-order chi connectivity index (χ0) is 8.10. The summed E-state index contributed by atoms with van der Waals surface area (Å²) in [5.74, 6) is 0.560. The molecule has 2 nitrogen and oxygen atoms in total. The molecular weight excluding hydrogens is 397 g/mol. The van der Waals surface area contributed by atoms with Crippen molar-refractivity contribution in [2.45, 2.75) is 16.5 Å². The van der Waals surface area contributed by atoms with Crippen molar-refractivity contribution >= 4 is 11.9 Å². The van der Waals surface area contributed by atoms with E-state index in [4.69, 9.17) is 9.78 Å². The van der Waals surface area contributed by atoms with Gasteiger partial charge in [0.05, 0.1) is 0 Å². The Morgan fingerprint density at radius 3 is 3.18 bits per heavy atom. The molecule has 60 valence electrons. The minimum absolute atomic E-state index is 0.356. The van der Waals surface area contributed by atoms with Crippen LogP contribution in [0.25, 0.3) is 0 Å². The van der Waals surface area contributed by atoms with Crippen molar-refractivity contribution in [1.82, 2.24) is 0 Å². The van der Waals surface area contributed by atoms with Gasteiger partial charge >= 0.3 is 85.5 Å². The summed E-state index contributed by atoms with van der Waals surface area (Å²) >= 11 is 2.87. The maximum absolute atomic E-state index is 5.14. The fraction of sp³-hybridized carbons (Fsp3) is 0.714. The molecule has 1 fully saturated rings. The summed E-state index contributed by atoms with van der Waals surface area (Å²) in [7, 11) is 0. The van der Waals surface area contributed by atoms with E-state index >= 15 is 0 Å². The van der Waals surface area contributed by atoms with Gasteiger partial charge in [-0.2, -0.15) is 0 Å². The quantitative estimate of drug-likeness (QED) is 0.405. The van der Waals surface area contributed by atoms with Gasteiger partial charge < -0.3 is 0 Å².